The summed E-state index contributed by atoms with van der Waals surface area (Å²) in [4.78, 5) is 20.8. The van der Waals surface area contributed by atoms with E-state index in [-0.39, 0.29) is 4.90 Å². The number of pyridine rings is 1. The Morgan fingerprint density at radius 3 is 2.46 bits per heavy atom. The third-order valence-corrected chi connectivity index (χ3v) is 8.72. The van der Waals surface area contributed by atoms with Crippen molar-refractivity contribution in [2.75, 3.05) is 0 Å². The van der Waals surface area contributed by atoms with Gasteiger partial charge < -0.3 is 5.11 Å². The molecule has 4 rings (SSSR count). The number of aromatic hydroxyl groups is 1. The first-order chi connectivity index (χ1) is 18.6. The molecule has 0 spiro atoms. The molecule has 0 radical (unpaired) electrons. The highest BCUT2D eigenvalue weighted by Gasteiger charge is 2.31. The summed E-state index contributed by atoms with van der Waals surface area (Å²) in [6, 6.07) is 13.8. The van der Waals surface area contributed by atoms with E-state index in [1.807, 2.05) is 19.9 Å². The predicted octanol–water partition coefficient (Wildman–Crippen LogP) is 6.29. The summed E-state index contributed by atoms with van der Waals surface area (Å²) in [6.45, 7) is 5.45. The topological polar surface area (TPSA) is 102 Å². The van der Waals surface area contributed by atoms with Crippen LogP contribution in [0.4, 0.5) is 4.39 Å². The second kappa shape index (κ2) is 11.7. The van der Waals surface area contributed by atoms with Crippen LogP contribution >= 0.6 is 11.6 Å². The van der Waals surface area contributed by atoms with Crippen LogP contribution in [0.15, 0.2) is 75.4 Å². The summed E-state index contributed by atoms with van der Waals surface area (Å²) in [7, 11) is -4.47. The predicted molar refractivity (Wildman–Crippen MR) is 148 cm³/mol. The second-order valence-electron chi connectivity index (χ2n) is 9.24. The molecule has 2 heterocycles. The van der Waals surface area contributed by atoms with E-state index in [0.717, 1.165) is 12.0 Å². The maximum atomic E-state index is 13.9. The highest BCUT2D eigenvalue weighted by Crippen LogP contribution is 2.31. The SMILES string of the molecule is CCCCc1nc(O)c(S(=O)(=O)c2ccc(-c3ccnc(F)c3C)cc2)c(=O)n1C(CC)c1cccc(Cl)c1. The van der Waals surface area contributed by atoms with Gasteiger partial charge in [-0.15, -0.1) is 0 Å². The minimum absolute atomic E-state index is 0.198. The molecule has 1 atom stereocenters. The molecule has 204 valence electrons. The number of sulfone groups is 1. The molecule has 0 aliphatic heterocycles. The first kappa shape index (κ1) is 28.4. The van der Waals surface area contributed by atoms with E-state index in [9.17, 15) is 22.7 Å². The van der Waals surface area contributed by atoms with Crippen molar-refractivity contribution in [3.05, 3.63) is 99.1 Å². The van der Waals surface area contributed by atoms with Gasteiger partial charge in [0.1, 0.15) is 5.82 Å². The molecule has 2 aromatic carbocycles. The number of rotatable bonds is 9. The Balaban J connectivity index is 1.87. The van der Waals surface area contributed by atoms with Gasteiger partial charge in [-0.2, -0.15) is 9.37 Å². The van der Waals surface area contributed by atoms with Gasteiger partial charge >= 0.3 is 0 Å². The molecule has 4 aromatic rings. The van der Waals surface area contributed by atoms with Gasteiger partial charge in [-0.3, -0.25) is 9.36 Å². The zero-order valence-electron chi connectivity index (χ0n) is 21.9. The maximum absolute atomic E-state index is 13.9. The lowest BCUT2D eigenvalue weighted by Crippen LogP contribution is -2.33. The van der Waals surface area contributed by atoms with Crippen molar-refractivity contribution in [2.24, 2.45) is 0 Å². The number of aryl methyl sites for hydroxylation is 1. The summed E-state index contributed by atoms with van der Waals surface area (Å²) < 4.78 is 42.7. The molecule has 39 heavy (non-hydrogen) atoms. The maximum Gasteiger partial charge on any atom is 0.277 e. The molecule has 0 fully saturated rings. The summed E-state index contributed by atoms with van der Waals surface area (Å²) >= 11 is 6.22. The average molecular weight is 570 g/mol. The van der Waals surface area contributed by atoms with Gasteiger partial charge in [0.2, 0.25) is 21.7 Å². The van der Waals surface area contributed by atoms with E-state index in [0.29, 0.717) is 46.8 Å². The van der Waals surface area contributed by atoms with Crippen LogP contribution in [0.2, 0.25) is 5.02 Å². The lowest BCUT2D eigenvalue weighted by Gasteiger charge is -2.23. The van der Waals surface area contributed by atoms with Crippen LogP contribution in [-0.4, -0.2) is 28.1 Å². The van der Waals surface area contributed by atoms with Crippen molar-refractivity contribution in [3.8, 4) is 17.0 Å². The fourth-order valence-corrected chi connectivity index (χ4v) is 6.20. The molecule has 0 amide bonds. The molecule has 0 aliphatic carbocycles. The minimum Gasteiger partial charge on any atom is -0.492 e. The van der Waals surface area contributed by atoms with E-state index < -0.39 is 38.2 Å². The monoisotopic (exact) mass is 569 g/mol. The van der Waals surface area contributed by atoms with Crippen LogP contribution in [-0.2, 0) is 16.3 Å². The van der Waals surface area contributed by atoms with E-state index >= 15 is 0 Å². The van der Waals surface area contributed by atoms with Crippen molar-refractivity contribution < 1.29 is 17.9 Å². The molecule has 0 saturated carbocycles. The van der Waals surface area contributed by atoms with Gasteiger partial charge in [-0.25, -0.2) is 13.4 Å². The van der Waals surface area contributed by atoms with Gasteiger partial charge in [0.15, 0.2) is 4.90 Å². The van der Waals surface area contributed by atoms with Crippen LogP contribution in [0, 0.1) is 12.9 Å². The average Bonchev–Trinajstić information content (AvgIpc) is 2.90. The van der Waals surface area contributed by atoms with Gasteiger partial charge in [0.25, 0.3) is 5.56 Å². The fourth-order valence-electron chi connectivity index (χ4n) is 4.65. The molecular weight excluding hydrogens is 541 g/mol. The van der Waals surface area contributed by atoms with Crippen LogP contribution in [0.3, 0.4) is 0 Å². The molecule has 7 nitrogen and oxygen atoms in total. The van der Waals surface area contributed by atoms with E-state index in [1.54, 1.807) is 31.2 Å². The quantitative estimate of drug-likeness (QED) is 0.238. The number of hydrogen-bond acceptors (Lipinski definition) is 6. The zero-order chi connectivity index (χ0) is 28.3. The first-order valence-electron chi connectivity index (χ1n) is 12.7. The van der Waals surface area contributed by atoms with Gasteiger partial charge in [-0.1, -0.05) is 56.1 Å². The summed E-state index contributed by atoms with van der Waals surface area (Å²) in [5.74, 6) is -1.15. The Morgan fingerprint density at radius 1 is 1.10 bits per heavy atom. The number of nitrogens with zero attached hydrogens (tertiary/aromatic N) is 3. The summed E-state index contributed by atoms with van der Waals surface area (Å²) in [6.07, 6.45) is 3.69. The molecule has 2 aromatic heterocycles. The van der Waals surface area contributed by atoms with Crippen molar-refractivity contribution >= 4 is 21.4 Å². The Morgan fingerprint density at radius 2 is 1.82 bits per heavy atom. The van der Waals surface area contributed by atoms with Crippen molar-refractivity contribution in [3.63, 3.8) is 0 Å². The third-order valence-electron chi connectivity index (χ3n) is 6.70. The van der Waals surface area contributed by atoms with Crippen LogP contribution in [0.25, 0.3) is 11.1 Å². The molecular formula is C29H29ClFN3O4S. The highest BCUT2D eigenvalue weighted by molar-refractivity contribution is 7.91. The van der Waals surface area contributed by atoms with Crippen molar-refractivity contribution in [1.29, 1.82) is 0 Å². The van der Waals surface area contributed by atoms with Gasteiger partial charge in [0.05, 0.1) is 10.9 Å². The largest absolute Gasteiger partial charge is 0.492 e. The number of halogens is 2. The lowest BCUT2D eigenvalue weighted by atomic mass is 10.0. The summed E-state index contributed by atoms with van der Waals surface area (Å²) in [5, 5.41) is 11.3. The van der Waals surface area contributed by atoms with Crippen LogP contribution < -0.4 is 5.56 Å². The standard InChI is InChI=1S/C29H29ClFN3O4S/c1-4-6-10-25-33-28(35)26(29(36)34(25)24(5-2)20-8-7-9-21(30)17-20)39(37,38)22-13-11-19(12-14-22)23-15-16-32-27(31)18(23)3/h7-9,11-17,24,35H,4-6,10H2,1-3H3. The zero-order valence-corrected chi connectivity index (χ0v) is 23.4. The minimum atomic E-state index is -4.47. The highest BCUT2D eigenvalue weighted by atomic mass is 35.5. The summed E-state index contributed by atoms with van der Waals surface area (Å²) in [5.41, 5.74) is 1.34. The number of benzene rings is 2. The lowest BCUT2D eigenvalue weighted by molar-refractivity contribution is 0.406. The smallest absolute Gasteiger partial charge is 0.277 e. The second-order valence-corrected chi connectivity index (χ2v) is 11.6. The molecule has 0 bridgehead atoms. The molecule has 1 unspecified atom stereocenters. The number of aromatic nitrogens is 3. The van der Waals surface area contributed by atoms with Crippen molar-refractivity contribution in [1.82, 2.24) is 14.5 Å². The van der Waals surface area contributed by atoms with Crippen LogP contribution in [0.5, 0.6) is 5.88 Å². The first-order valence-corrected chi connectivity index (χ1v) is 14.5. The molecule has 10 heteroatoms. The molecule has 0 saturated heterocycles. The van der Waals surface area contributed by atoms with E-state index in [1.165, 1.54) is 35.0 Å². The Kier molecular flexibility index (Phi) is 8.51. The van der Waals surface area contributed by atoms with Gasteiger partial charge in [0, 0.05) is 23.2 Å². The Bertz CT molecular complexity index is 1670. The van der Waals surface area contributed by atoms with Crippen molar-refractivity contribution in [2.45, 2.75) is 62.3 Å². The fraction of sp³-hybridized carbons (Fsp3) is 0.276. The van der Waals surface area contributed by atoms with Gasteiger partial charge in [-0.05, 0) is 66.8 Å². The van der Waals surface area contributed by atoms with E-state index in [4.69, 9.17) is 11.6 Å². The normalized spacial score (nSPS) is 12.4. The molecule has 1 N–H and O–H groups in total. The van der Waals surface area contributed by atoms with Crippen LogP contribution in [0.1, 0.15) is 56.1 Å². The molecule has 0 aliphatic rings. The Labute approximate surface area is 231 Å². The number of unbranched alkanes of at least 4 members (excludes halogenated alkanes) is 1. The Hall–Kier alpha value is -3.56. The third kappa shape index (κ3) is 5.60. The number of hydrogen-bond donors (Lipinski definition) is 1. The van der Waals surface area contributed by atoms with E-state index in [2.05, 4.69) is 9.97 Å².